The molecule has 1 aromatic heterocycles. The molecule has 2 heterocycles. The van der Waals surface area contributed by atoms with Crippen LogP contribution < -0.4 is 0 Å². The molecule has 3 rings (SSSR count). The summed E-state index contributed by atoms with van der Waals surface area (Å²) in [6.07, 6.45) is 7.39. The highest BCUT2D eigenvalue weighted by Crippen LogP contribution is 2.36. The Hall–Kier alpha value is -0.530. The van der Waals surface area contributed by atoms with Crippen molar-refractivity contribution in [3.8, 4) is 0 Å². The number of aromatic nitrogens is 1. The molecule has 1 aliphatic heterocycles. The predicted molar refractivity (Wildman–Crippen MR) is 92.9 cm³/mol. The summed E-state index contributed by atoms with van der Waals surface area (Å²) in [6.45, 7) is 7.67. The second kappa shape index (κ2) is 9.08. The average molecular weight is 340 g/mol. The Morgan fingerprint density at radius 1 is 1.26 bits per heavy atom. The Bertz CT molecular complexity index is 456. The number of aliphatic hydroxyl groups excluding tert-OH is 1. The Labute approximate surface area is 143 Å². The Morgan fingerprint density at radius 2 is 2.04 bits per heavy atom. The van der Waals surface area contributed by atoms with Crippen LogP contribution in [0.1, 0.15) is 41.5 Å². The Morgan fingerprint density at radius 3 is 2.78 bits per heavy atom. The van der Waals surface area contributed by atoms with E-state index in [4.69, 9.17) is 4.74 Å². The number of morpholine rings is 1. The first kappa shape index (κ1) is 17.3. The summed E-state index contributed by atoms with van der Waals surface area (Å²) < 4.78 is 5.40. The van der Waals surface area contributed by atoms with Gasteiger partial charge in [0.05, 0.1) is 24.8 Å². The zero-order chi connectivity index (χ0) is 15.9. The van der Waals surface area contributed by atoms with Gasteiger partial charge >= 0.3 is 0 Å². The molecule has 0 amide bonds. The molecule has 0 atom stereocenters. The largest absolute Gasteiger partial charge is 0.395 e. The predicted octanol–water partition coefficient (Wildman–Crippen LogP) is 1.93. The molecule has 2 fully saturated rings. The third-order valence-electron chi connectivity index (χ3n) is 4.91. The van der Waals surface area contributed by atoms with Crippen molar-refractivity contribution < 1.29 is 9.84 Å². The lowest BCUT2D eigenvalue weighted by Crippen LogP contribution is -2.41. The van der Waals surface area contributed by atoms with Crippen molar-refractivity contribution in [2.45, 2.75) is 38.1 Å². The van der Waals surface area contributed by atoms with Crippen LogP contribution in [0.3, 0.4) is 0 Å². The fourth-order valence-electron chi connectivity index (χ4n) is 3.50. The first-order valence-electron chi connectivity index (χ1n) is 8.93. The minimum Gasteiger partial charge on any atom is -0.395 e. The molecule has 5 nitrogen and oxygen atoms in total. The molecule has 0 spiro atoms. The van der Waals surface area contributed by atoms with Gasteiger partial charge in [0.2, 0.25) is 0 Å². The van der Waals surface area contributed by atoms with Gasteiger partial charge in [-0.1, -0.05) is 12.8 Å². The summed E-state index contributed by atoms with van der Waals surface area (Å²) in [7, 11) is 0. The minimum absolute atomic E-state index is 0.220. The number of aliphatic hydroxyl groups is 1. The molecule has 6 heteroatoms. The summed E-state index contributed by atoms with van der Waals surface area (Å²) >= 11 is 1.88. The Balaban J connectivity index is 1.49. The van der Waals surface area contributed by atoms with Gasteiger partial charge in [0.25, 0.3) is 0 Å². The summed E-state index contributed by atoms with van der Waals surface area (Å²) in [5, 5.41) is 10.7. The fraction of sp³-hybridized carbons (Fsp3) is 0.824. The summed E-state index contributed by atoms with van der Waals surface area (Å²) in [4.78, 5) is 10.8. The van der Waals surface area contributed by atoms with Crippen LogP contribution in [0.15, 0.2) is 6.20 Å². The van der Waals surface area contributed by atoms with E-state index in [2.05, 4.69) is 21.0 Å². The van der Waals surface area contributed by atoms with Gasteiger partial charge in [-0.3, -0.25) is 9.80 Å². The Kier molecular flexibility index (Phi) is 6.83. The van der Waals surface area contributed by atoms with Crippen LogP contribution in [0.2, 0.25) is 0 Å². The molecule has 0 radical (unpaired) electrons. The zero-order valence-corrected chi connectivity index (χ0v) is 14.8. The molecule has 1 N–H and O–H groups in total. The summed E-state index contributed by atoms with van der Waals surface area (Å²) in [5.41, 5.74) is 0. The fourth-order valence-corrected chi connectivity index (χ4v) is 4.63. The highest BCUT2D eigenvalue weighted by atomic mass is 32.1. The highest BCUT2D eigenvalue weighted by molar-refractivity contribution is 7.11. The molecular formula is C17H29N3O2S. The normalized spacial score (nSPS) is 20.6. The number of thiazole rings is 1. The SMILES string of the molecule is OCCN(CCN1CCOCC1)Cc1cnc(C2CCCC2)s1. The van der Waals surface area contributed by atoms with Gasteiger partial charge in [-0.2, -0.15) is 0 Å². The number of nitrogens with zero attached hydrogens (tertiary/aromatic N) is 3. The standard InChI is InChI=1S/C17H29N3O2S/c21-10-7-20(6-5-19-8-11-22-12-9-19)14-16-13-18-17(23-16)15-3-1-2-4-15/h13,15,21H,1-12,14H2. The first-order valence-corrected chi connectivity index (χ1v) is 9.74. The lowest BCUT2D eigenvalue weighted by Gasteiger charge is -2.29. The van der Waals surface area contributed by atoms with E-state index in [1.807, 2.05) is 11.3 Å². The zero-order valence-electron chi connectivity index (χ0n) is 14.0. The highest BCUT2D eigenvalue weighted by Gasteiger charge is 2.20. The van der Waals surface area contributed by atoms with Crippen molar-refractivity contribution in [3.63, 3.8) is 0 Å². The number of rotatable bonds is 8. The van der Waals surface area contributed by atoms with Gasteiger partial charge in [0, 0.05) is 56.3 Å². The number of hydrogen-bond acceptors (Lipinski definition) is 6. The van der Waals surface area contributed by atoms with Crippen molar-refractivity contribution in [1.29, 1.82) is 0 Å². The van der Waals surface area contributed by atoms with Crippen molar-refractivity contribution in [2.24, 2.45) is 0 Å². The lowest BCUT2D eigenvalue weighted by atomic mass is 10.1. The van der Waals surface area contributed by atoms with Crippen LogP contribution in [0.4, 0.5) is 0 Å². The van der Waals surface area contributed by atoms with Crippen molar-refractivity contribution in [2.75, 3.05) is 52.5 Å². The topological polar surface area (TPSA) is 48.8 Å². The summed E-state index contributed by atoms with van der Waals surface area (Å²) in [6, 6.07) is 0. The van der Waals surface area contributed by atoms with Crippen molar-refractivity contribution in [3.05, 3.63) is 16.1 Å². The maximum Gasteiger partial charge on any atom is 0.0959 e. The molecule has 1 saturated heterocycles. The first-order chi connectivity index (χ1) is 11.3. The van der Waals surface area contributed by atoms with Gasteiger partial charge in [0.1, 0.15) is 0 Å². The quantitative estimate of drug-likeness (QED) is 0.784. The van der Waals surface area contributed by atoms with Crippen LogP contribution in [0.25, 0.3) is 0 Å². The lowest BCUT2D eigenvalue weighted by molar-refractivity contribution is 0.0321. The molecule has 0 unspecified atom stereocenters. The molecule has 130 valence electrons. The average Bonchev–Trinajstić information content (AvgIpc) is 3.25. The van der Waals surface area contributed by atoms with Gasteiger partial charge in [-0.15, -0.1) is 11.3 Å². The number of ether oxygens (including phenoxy) is 1. The molecule has 1 saturated carbocycles. The molecule has 0 bridgehead atoms. The molecule has 23 heavy (non-hydrogen) atoms. The van der Waals surface area contributed by atoms with E-state index in [1.165, 1.54) is 35.6 Å². The van der Waals surface area contributed by atoms with Crippen LogP contribution in [0.5, 0.6) is 0 Å². The molecule has 1 aliphatic carbocycles. The third kappa shape index (κ3) is 5.22. The maximum absolute atomic E-state index is 9.34. The third-order valence-corrected chi connectivity index (χ3v) is 6.05. The van der Waals surface area contributed by atoms with E-state index in [9.17, 15) is 5.11 Å². The van der Waals surface area contributed by atoms with Crippen molar-refractivity contribution >= 4 is 11.3 Å². The molecule has 1 aromatic rings. The monoisotopic (exact) mass is 339 g/mol. The second-order valence-corrected chi connectivity index (χ2v) is 7.75. The van der Waals surface area contributed by atoms with Gasteiger partial charge in [-0.05, 0) is 12.8 Å². The van der Waals surface area contributed by atoms with E-state index >= 15 is 0 Å². The maximum atomic E-state index is 9.34. The van der Waals surface area contributed by atoms with E-state index in [0.717, 1.165) is 52.5 Å². The van der Waals surface area contributed by atoms with E-state index in [-0.39, 0.29) is 6.61 Å². The van der Waals surface area contributed by atoms with Crippen molar-refractivity contribution in [1.82, 2.24) is 14.8 Å². The van der Waals surface area contributed by atoms with Crippen LogP contribution in [-0.4, -0.2) is 72.4 Å². The van der Waals surface area contributed by atoms with Crippen LogP contribution >= 0.6 is 11.3 Å². The van der Waals surface area contributed by atoms with E-state index in [0.29, 0.717) is 5.92 Å². The van der Waals surface area contributed by atoms with Crippen LogP contribution in [-0.2, 0) is 11.3 Å². The smallest absolute Gasteiger partial charge is 0.0959 e. The van der Waals surface area contributed by atoms with E-state index < -0.39 is 0 Å². The van der Waals surface area contributed by atoms with Gasteiger partial charge in [0.15, 0.2) is 0 Å². The van der Waals surface area contributed by atoms with E-state index in [1.54, 1.807) is 0 Å². The molecule has 2 aliphatic rings. The van der Waals surface area contributed by atoms with Gasteiger partial charge in [-0.25, -0.2) is 4.98 Å². The number of hydrogen-bond donors (Lipinski definition) is 1. The van der Waals surface area contributed by atoms with Gasteiger partial charge < -0.3 is 9.84 Å². The summed E-state index contributed by atoms with van der Waals surface area (Å²) in [5.74, 6) is 0.702. The second-order valence-electron chi connectivity index (χ2n) is 6.60. The minimum atomic E-state index is 0.220. The molecule has 0 aromatic carbocycles. The molecular weight excluding hydrogens is 310 g/mol. The van der Waals surface area contributed by atoms with Crippen LogP contribution in [0, 0.1) is 0 Å².